The molecule has 1 unspecified atom stereocenters. The van der Waals surface area contributed by atoms with Crippen molar-refractivity contribution in [1.29, 1.82) is 0 Å². The topological polar surface area (TPSA) is 52.6 Å². The Balaban J connectivity index is 4.10. The summed E-state index contributed by atoms with van der Waals surface area (Å²) in [4.78, 5) is 0. The smallest absolute Gasteiger partial charge is 0.328 e. The van der Waals surface area contributed by atoms with Gasteiger partial charge in [0, 0.05) is 0 Å². The van der Waals surface area contributed by atoms with E-state index in [0.717, 1.165) is 7.11 Å². The van der Waals surface area contributed by atoms with Crippen molar-refractivity contribution in [3.63, 3.8) is 0 Å². The molecule has 13 heavy (non-hydrogen) atoms. The van der Waals surface area contributed by atoms with Crippen LogP contribution in [0, 0.1) is 0 Å². The summed E-state index contributed by atoms with van der Waals surface area (Å²) < 4.78 is 30.8. The first-order chi connectivity index (χ1) is 5.66. The van der Waals surface area contributed by atoms with Crippen LogP contribution in [-0.2, 0) is 18.8 Å². The van der Waals surface area contributed by atoms with Gasteiger partial charge in [-0.05, 0) is 0 Å². The molecule has 5 nitrogen and oxygen atoms in total. The molecular weight excluding hydrogens is 214 g/mol. The molecule has 0 rings (SSSR count). The zero-order chi connectivity index (χ0) is 10.7. The molecule has 0 amide bonds. The van der Waals surface area contributed by atoms with E-state index in [1.807, 2.05) is 21.1 Å². The van der Waals surface area contributed by atoms with Gasteiger partial charge in [-0.2, -0.15) is 8.42 Å². The molecular formula is C6H16NO4S2+. The summed E-state index contributed by atoms with van der Waals surface area (Å²) in [5.74, 6) is 0. The van der Waals surface area contributed by atoms with Gasteiger partial charge in [-0.25, -0.2) is 4.18 Å². The average molecular weight is 230 g/mol. The summed E-state index contributed by atoms with van der Waals surface area (Å²) in [7, 11) is 2.89. The first kappa shape index (κ1) is 13.2. The third-order valence-electron chi connectivity index (χ3n) is 1.14. The Morgan fingerprint density at radius 1 is 1.38 bits per heavy atom. The maximum absolute atomic E-state index is 10.8. The molecule has 0 N–H and O–H groups in total. The number of thiol groups is 1. The van der Waals surface area contributed by atoms with Gasteiger partial charge in [0.1, 0.15) is 6.54 Å². The zero-order valence-corrected chi connectivity index (χ0v) is 9.93. The van der Waals surface area contributed by atoms with Crippen molar-refractivity contribution < 1.29 is 21.3 Å². The van der Waals surface area contributed by atoms with Crippen molar-refractivity contribution in [2.75, 3.05) is 34.8 Å². The van der Waals surface area contributed by atoms with Crippen LogP contribution in [0.3, 0.4) is 0 Å². The number of likely N-dealkylation sites (N-methyl/N-ethyl adjacent to an activating group) is 1. The molecule has 7 heteroatoms. The normalized spacial score (nSPS) is 15.8. The highest BCUT2D eigenvalue weighted by atomic mass is 32.3. The van der Waals surface area contributed by atoms with E-state index < -0.39 is 15.8 Å². The molecule has 0 saturated carbocycles. The lowest BCUT2D eigenvalue weighted by molar-refractivity contribution is -0.871. The molecule has 0 saturated heterocycles. The third kappa shape index (κ3) is 7.27. The van der Waals surface area contributed by atoms with E-state index in [0.29, 0.717) is 11.0 Å². The number of rotatable bonds is 5. The highest BCUT2D eigenvalue weighted by Gasteiger charge is 2.21. The second-order valence-electron chi connectivity index (χ2n) is 3.60. The quantitative estimate of drug-likeness (QED) is 0.406. The SMILES string of the molecule is COS(=O)(=O)OC(S)C[N+](C)(C)C. The Labute approximate surface area is 85.0 Å². The van der Waals surface area contributed by atoms with Crippen molar-refractivity contribution in [3.8, 4) is 0 Å². The van der Waals surface area contributed by atoms with Gasteiger partial charge in [-0.1, -0.05) is 0 Å². The lowest BCUT2D eigenvalue weighted by atomic mass is 10.5. The van der Waals surface area contributed by atoms with Gasteiger partial charge < -0.3 is 4.48 Å². The van der Waals surface area contributed by atoms with Gasteiger partial charge in [0.25, 0.3) is 0 Å². The Hall–Kier alpha value is 0.180. The van der Waals surface area contributed by atoms with Crippen molar-refractivity contribution in [3.05, 3.63) is 0 Å². The Kier molecular flexibility index (Phi) is 4.67. The van der Waals surface area contributed by atoms with Crippen LogP contribution in [0.4, 0.5) is 0 Å². The van der Waals surface area contributed by atoms with E-state index in [2.05, 4.69) is 21.0 Å². The minimum absolute atomic E-state index is 0.464. The van der Waals surface area contributed by atoms with Gasteiger partial charge in [0.05, 0.1) is 28.3 Å². The molecule has 0 aromatic carbocycles. The summed E-state index contributed by atoms with van der Waals surface area (Å²) in [6, 6.07) is 0. The van der Waals surface area contributed by atoms with Crippen molar-refractivity contribution >= 4 is 23.0 Å². The van der Waals surface area contributed by atoms with Gasteiger partial charge in [-0.15, -0.1) is 12.6 Å². The number of nitrogens with zero attached hydrogens (tertiary/aromatic N) is 1. The van der Waals surface area contributed by atoms with Crippen LogP contribution in [0.5, 0.6) is 0 Å². The highest BCUT2D eigenvalue weighted by Crippen LogP contribution is 2.08. The predicted octanol–water partition coefficient (Wildman–Crippen LogP) is -0.144. The molecule has 0 aromatic heterocycles. The van der Waals surface area contributed by atoms with Gasteiger partial charge >= 0.3 is 10.4 Å². The average Bonchev–Trinajstić information content (AvgIpc) is 1.81. The van der Waals surface area contributed by atoms with Crippen LogP contribution >= 0.6 is 12.6 Å². The minimum Gasteiger partial charge on any atom is -0.328 e. The molecule has 0 bridgehead atoms. The van der Waals surface area contributed by atoms with Gasteiger partial charge in [-0.3, -0.25) is 4.18 Å². The molecule has 80 valence electrons. The molecule has 0 spiro atoms. The van der Waals surface area contributed by atoms with E-state index in [-0.39, 0.29) is 0 Å². The van der Waals surface area contributed by atoms with Crippen molar-refractivity contribution in [2.24, 2.45) is 0 Å². The Morgan fingerprint density at radius 2 is 1.85 bits per heavy atom. The Bertz CT molecular complexity index is 244. The maximum atomic E-state index is 10.8. The number of hydrogen-bond acceptors (Lipinski definition) is 5. The second kappa shape index (κ2) is 4.61. The standard InChI is InChI=1S/C6H15NO4S2/c1-7(2,3)5-6(12)11-13(8,9)10-4/h6H,5H2,1-4H3/p+1. The first-order valence-electron chi connectivity index (χ1n) is 3.63. The molecule has 0 aliphatic rings. The monoisotopic (exact) mass is 230 g/mol. The largest absolute Gasteiger partial charge is 0.400 e. The fourth-order valence-electron chi connectivity index (χ4n) is 0.674. The fourth-order valence-corrected chi connectivity index (χ4v) is 1.89. The van der Waals surface area contributed by atoms with E-state index in [4.69, 9.17) is 0 Å². The predicted molar refractivity (Wildman–Crippen MR) is 52.7 cm³/mol. The van der Waals surface area contributed by atoms with Gasteiger partial charge in [0.2, 0.25) is 0 Å². The van der Waals surface area contributed by atoms with Crippen LogP contribution in [0.15, 0.2) is 0 Å². The van der Waals surface area contributed by atoms with Crippen LogP contribution in [0.25, 0.3) is 0 Å². The van der Waals surface area contributed by atoms with Crippen LogP contribution < -0.4 is 0 Å². The summed E-state index contributed by atoms with van der Waals surface area (Å²) in [5, 5.41) is 0. The summed E-state index contributed by atoms with van der Waals surface area (Å²) in [6.07, 6.45) is 0. The lowest BCUT2D eigenvalue weighted by Crippen LogP contribution is -2.41. The molecule has 0 aliphatic carbocycles. The number of hydrogen-bond donors (Lipinski definition) is 1. The maximum Gasteiger partial charge on any atom is 0.400 e. The fraction of sp³-hybridized carbons (Fsp3) is 1.00. The van der Waals surface area contributed by atoms with Gasteiger partial charge in [0.15, 0.2) is 5.44 Å². The lowest BCUT2D eigenvalue weighted by Gasteiger charge is -2.26. The summed E-state index contributed by atoms with van der Waals surface area (Å²) in [6.45, 7) is 0.464. The van der Waals surface area contributed by atoms with E-state index in [1.165, 1.54) is 0 Å². The third-order valence-corrected chi connectivity index (χ3v) is 2.42. The molecule has 0 aliphatic heterocycles. The summed E-state index contributed by atoms with van der Waals surface area (Å²) in [5.41, 5.74) is -0.690. The van der Waals surface area contributed by atoms with E-state index >= 15 is 0 Å². The zero-order valence-electron chi connectivity index (χ0n) is 8.22. The summed E-state index contributed by atoms with van der Waals surface area (Å²) >= 11 is 3.97. The van der Waals surface area contributed by atoms with Crippen LogP contribution in [0.1, 0.15) is 0 Å². The van der Waals surface area contributed by atoms with Crippen LogP contribution in [-0.4, -0.2) is 53.1 Å². The van der Waals surface area contributed by atoms with Crippen LogP contribution in [0.2, 0.25) is 0 Å². The van der Waals surface area contributed by atoms with E-state index in [1.54, 1.807) is 0 Å². The molecule has 1 atom stereocenters. The molecule has 0 radical (unpaired) electrons. The molecule has 0 heterocycles. The first-order valence-corrected chi connectivity index (χ1v) is 5.48. The van der Waals surface area contributed by atoms with Crippen molar-refractivity contribution in [2.45, 2.75) is 5.44 Å². The van der Waals surface area contributed by atoms with Crippen molar-refractivity contribution in [1.82, 2.24) is 0 Å². The second-order valence-corrected chi connectivity index (χ2v) is 5.52. The number of quaternary nitrogens is 1. The molecule has 0 aromatic rings. The Morgan fingerprint density at radius 3 is 2.15 bits per heavy atom. The van der Waals surface area contributed by atoms with E-state index in [9.17, 15) is 8.42 Å². The highest BCUT2D eigenvalue weighted by molar-refractivity contribution is 7.84. The minimum atomic E-state index is -3.88. The molecule has 0 fully saturated rings.